The average Bonchev–Trinajstić information content (AvgIpc) is 3.08. The van der Waals surface area contributed by atoms with Crippen LogP contribution >= 0.6 is 0 Å². The number of nitrogens with zero attached hydrogens (tertiary/aromatic N) is 3. The lowest BCUT2D eigenvalue weighted by Crippen LogP contribution is -2.45. The van der Waals surface area contributed by atoms with Gasteiger partial charge in [0.2, 0.25) is 5.91 Å². The van der Waals surface area contributed by atoms with Crippen LogP contribution < -0.4 is 5.32 Å². The Hall–Kier alpha value is -1.44. The van der Waals surface area contributed by atoms with E-state index in [1.54, 1.807) is 18.0 Å². The molecule has 1 aliphatic carbocycles. The number of ether oxygens (including phenoxy) is 2. The monoisotopic (exact) mass is 336 g/mol. The van der Waals surface area contributed by atoms with Crippen molar-refractivity contribution >= 4 is 11.6 Å². The number of carbonyl (C=O) groups is 1. The third kappa shape index (κ3) is 4.55. The summed E-state index contributed by atoms with van der Waals surface area (Å²) < 4.78 is 12.2. The quantitative estimate of drug-likeness (QED) is 0.849. The molecule has 0 radical (unpaired) electrons. The molecule has 1 aliphatic heterocycles. The number of anilines is 1. The number of hydrogen-bond donors (Lipinski definition) is 1. The smallest absolute Gasteiger partial charge is 0.227 e. The highest BCUT2D eigenvalue weighted by atomic mass is 16.5. The number of morpholine rings is 1. The van der Waals surface area contributed by atoms with E-state index in [1.807, 2.05) is 6.20 Å². The molecule has 2 heterocycles. The van der Waals surface area contributed by atoms with Gasteiger partial charge in [-0.2, -0.15) is 5.10 Å². The zero-order chi connectivity index (χ0) is 16.8. The van der Waals surface area contributed by atoms with Crippen molar-refractivity contribution in [3.8, 4) is 0 Å². The van der Waals surface area contributed by atoms with Crippen molar-refractivity contribution in [2.45, 2.75) is 38.3 Å². The van der Waals surface area contributed by atoms with Crippen LogP contribution in [0.15, 0.2) is 12.4 Å². The highest BCUT2D eigenvalue weighted by molar-refractivity contribution is 5.92. The summed E-state index contributed by atoms with van der Waals surface area (Å²) >= 11 is 0. The van der Waals surface area contributed by atoms with Gasteiger partial charge in [-0.05, 0) is 25.7 Å². The van der Waals surface area contributed by atoms with Crippen LogP contribution in [0.25, 0.3) is 0 Å². The number of aromatic nitrogens is 2. The zero-order valence-corrected chi connectivity index (χ0v) is 14.4. The lowest BCUT2D eigenvalue weighted by atomic mass is 9.84. The van der Waals surface area contributed by atoms with Crippen LogP contribution in [0.2, 0.25) is 0 Å². The number of nitrogens with one attached hydrogen (secondary N) is 1. The van der Waals surface area contributed by atoms with Crippen LogP contribution in [-0.2, 0) is 20.8 Å². The first kappa shape index (κ1) is 17.4. The predicted octanol–water partition coefficient (Wildman–Crippen LogP) is 1.36. The van der Waals surface area contributed by atoms with E-state index in [1.165, 1.54) is 0 Å². The molecule has 7 nitrogen and oxygen atoms in total. The lowest BCUT2D eigenvalue weighted by molar-refractivity contribution is -0.121. The molecular formula is C17H28N4O3. The summed E-state index contributed by atoms with van der Waals surface area (Å²) in [7, 11) is 1.67. The third-order valence-corrected chi connectivity index (χ3v) is 5.05. The van der Waals surface area contributed by atoms with Gasteiger partial charge < -0.3 is 14.8 Å². The Morgan fingerprint density at radius 3 is 2.79 bits per heavy atom. The van der Waals surface area contributed by atoms with E-state index in [-0.39, 0.29) is 11.8 Å². The molecule has 1 saturated heterocycles. The van der Waals surface area contributed by atoms with Gasteiger partial charge in [0.1, 0.15) is 0 Å². The number of rotatable bonds is 6. The Balaban J connectivity index is 1.44. The van der Waals surface area contributed by atoms with Crippen LogP contribution in [0.4, 0.5) is 5.69 Å². The molecule has 2 aliphatic rings. The SMILES string of the molecule is COCCn1cc(NC(=O)C2CCC(N3CCOCC3)CC2)cn1. The molecule has 7 heteroatoms. The predicted molar refractivity (Wildman–Crippen MR) is 90.9 cm³/mol. The fourth-order valence-corrected chi connectivity index (χ4v) is 3.63. The molecule has 24 heavy (non-hydrogen) atoms. The van der Waals surface area contributed by atoms with Gasteiger partial charge in [0.05, 0.1) is 38.2 Å². The van der Waals surface area contributed by atoms with Crippen LogP contribution in [0.5, 0.6) is 0 Å². The number of hydrogen-bond acceptors (Lipinski definition) is 5. The second-order valence-corrected chi connectivity index (χ2v) is 6.63. The van der Waals surface area contributed by atoms with E-state index in [2.05, 4.69) is 15.3 Å². The van der Waals surface area contributed by atoms with Gasteiger partial charge in [0, 0.05) is 38.4 Å². The largest absolute Gasteiger partial charge is 0.383 e. The van der Waals surface area contributed by atoms with Crippen molar-refractivity contribution < 1.29 is 14.3 Å². The Kier molecular flexibility index (Phi) is 6.23. The first-order valence-electron chi connectivity index (χ1n) is 8.90. The Labute approximate surface area is 143 Å². The normalized spacial score (nSPS) is 25.5. The molecule has 0 unspecified atom stereocenters. The fourth-order valence-electron chi connectivity index (χ4n) is 3.63. The molecule has 2 fully saturated rings. The molecule has 134 valence electrons. The molecule has 0 atom stereocenters. The summed E-state index contributed by atoms with van der Waals surface area (Å²) in [5, 5.41) is 7.23. The number of amides is 1. The van der Waals surface area contributed by atoms with Crippen LogP contribution in [0.1, 0.15) is 25.7 Å². The van der Waals surface area contributed by atoms with E-state index in [0.717, 1.165) is 57.7 Å². The first-order valence-corrected chi connectivity index (χ1v) is 8.90. The van der Waals surface area contributed by atoms with Gasteiger partial charge in [-0.25, -0.2) is 0 Å². The van der Waals surface area contributed by atoms with Gasteiger partial charge in [-0.15, -0.1) is 0 Å². The Morgan fingerprint density at radius 2 is 2.08 bits per heavy atom. The maximum absolute atomic E-state index is 12.5. The molecule has 1 saturated carbocycles. The number of methoxy groups -OCH3 is 1. The van der Waals surface area contributed by atoms with Gasteiger partial charge in [-0.1, -0.05) is 0 Å². The number of carbonyl (C=O) groups excluding carboxylic acids is 1. The van der Waals surface area contributed by atoms with Crippen molar-refractivity contribution in [1.29, 1.82) is 0 Å². The first-order chi connectivity index (χ1) is 11.8. The van der Waals surface area contributed by atoms with Crippen molar-refractivity contribution in [2.75, 3.05) is 45.3 Å². The highest BCUT2D eigenvalue weighted by Crippen LogP contribution is 2.29. The second-order valence-electron chi connectivity index (χ2n) is 6.63. The molecule has 1 aromatic rings. The van der Waals surface area contributed by atoms with Crippen LogP contribution in [0.3, 0.4) is 0 Å². The van der Waals surface area contributed by atoms with Crippen LogP contribution in [0, 0.1) is 5.92 Å². The summed E-state index contributed by atoms with van der Waals surface area (Å²) in [6, 6.07) is 0.620. The summed E-state index contributed by atoms with van der Waals surface area (Å²) in [5.41, 5.74) is 0.770. The molecule has 0 aromatic carbocycles. The molecular weight excluding hydrogens is 308 g/mol. The van der Waals surface area contributed by atoms with Gasteiger partial charge in [-0.3, -0.25) is 14.4 Å². The van der Waals surface area contributed by atoms with E-state index in [0.29, 0.717) is 19.2 Å². The Bertz CT molecular complexity index is 520. The summed E-state index contributed by atoms with van der Waals surface area (Å²) in [5.74, 6) is 0.242. The maximum Gasteiger partial charge on any atom is 0.227 e. The summed E-state index contributed by atoms with van der Waals surface area (Å²) in [6.07, 6.45) is 7.69. The minimum absolute atomic E-state index is 0.115. The standard InChI is InChI=1S/C17H28N4O3/c1-23-9-8-21-13-15(12-18-21)19-17(22)14-2-4-16(5-3-14)20-6-10-24-11-7-20/h12-14,16H,2-11H2,1H3,(H,19,22). The summed E-state index contributed by atoms with van der Waals surface area (Å²) in [4.78, 5) is 15.0. The topological polar surface area (TPSA) is 68.6 Å². The van der Waals surface area contributed by atoms with Gasteiger partial charge in [0.25, 0.3) is 0 Å². The van der Waals surface area contributed by atoms with E-state index in [9.17, 15) is 4.79 Å². The average molecular weight is 336 g/mol. The molecule has 3 rings (SSSR count). The van der Waals surface area contributed by atoms with Gasteiger partial charge >= 0.3 is 0 Å². The maximum atomic E-state index is 12.5. The minimum Gasteiger partial charge on any atom is -0.383 e. The summed E-state index contributed by atoms with van der Waals surface area (Å²) in [6.45, 7) is 5.04. The van der Waals surface area contributed by atoms with E-state index < -0.39 is 0 Å². The fraction of sp³-hybridized carbons (Fsp3) is 0.765. The van der Waals surface area contributed by atoms with E-state index in [4.69, 9.17) is 9.47 Å². The second kappa shape index (κ2) is 8.60. The van der Waals surface area contributed by atoms with E-state index >= 15 is 0 Å². The highest BCUT2D eigenvalue weighted by Gasteiger charge is 2.30. The van der Waals surface area contributed by atoms with Gasteiger partial charge in [0.15, 0.2) is 0 Å². The molecule has 0 bridgehead atoms. The molecule has 1 N–H and O–H groups in total. The minimum atomic E-state index is 0.115. The van der Waals surface area contributed by atoms with Crippen LogP contribution in [-0.4, -0.2) is 66.6 Å². The van der Waals surface area contributed by atoms with Crippen molar-refractivity contribution in [3.63, 3.8) is 0 Å². The van der Waals surface area contributed by atoms with Crippen molar-refractivity contribution in [3.05, 3.63) is 12.4 Å². The Morgan fingerprint density at radius 1 is 1.33 bits per heavy atom. The van der Waals surface area contributed by atoms with Crippen molar-refractivity contribution in [1.82, 2.24) is 14.7 Å². The third-order valence-electron chi connectivity index (χ3n) is 5.05. The molecule has 1 amide bonds. The lowest BCUT2D eigenvalue weighted by Gasteiger charge is -2.38. The molecule has 1 aromatic heterocycles. The zero-order valence-electron chi connectivity index (χ0n) is 14.4. The van der Waals surface area contributed by atoms with Crippen molar-refractivity contribution in [2.24, 2.45) is 5.92 Å². The molecule has 0 spiro atoms.